The van der Waals surface area contributed by atoms with E-state index in [9.17, 15) is 19.2 Å². The standard InChI is InChI=1S/C34H30N2O6/c1-41-31(38)34(32(39)42-2)30(29(37)27-21-13-6-14-22-27)36(33(40)35(34)23-24-15-7-3-8-16-24)28(25-17-9-4-10-18-25)26-19-11-5-12-20-26/h3-22,28,30H,23H2,1-2H3. The molecule has 1 heterocycles. The normalized spacial score (nSPS) is 15.9. The van der Waals surface area contributed by atoms with Crippen LogP contribution in [0.2, 0.25) is 0 Å². The zero-order chi connectivity index (χ0) is 29.7. The largest absolute Gasteiger partial charge is 0.467 e. The molecule has 0 aromatic heterocycles. The summed E-state index contributed by atoms with van der Waals surface area (Å²) in [5.74, 6) is -2.75. The Labute approximate surface area is 244 Å². The molecular formula is C34H30N2O6. The first kappa shape index (κ1) is 28.3. The molecule has 1 saturated heterocycles. The van der Waals surface area contributed by atoms with E-state index in [0.717, 1.165) is 19.1 Å². The number of amides is 2. The van der Waals surface area contributed by atoms with Crippen molar-refractivity contribution in [1.29, 1.82) is 0 Å². The van der Waals surface area contributed by atoms with Crippen molar-refractivity contribution in [3.8, 4) is 0 Å². The first-order valence-corrected chi connectivity index (χ1v) is 13.4. The van der Waals surface area contributed by atoms with Gasteiger partial charge in [0.1, 0.15) is 6.04 Å². The van der Waals surface area contributed by atoms with E-state index in [1.807, 2.05) is 66.7 Å². The van der Waals surface area contributed by atoms with Crippen LogP contribution in [0, 0.1) is 0 Å². The maximum absolute atomic E-state index is 14.8. The number of urea groups is 1. The molecule has 5 rings (SSSR count). The van der Waals surface area contributed by atoms with Crippen molar-refractivity contribution in [2.24, 2.45) is 0 Å². The highest BCUT2D eigenvalue weighted by molar-refractivity contribution is 6.19. The second kappa shape index (κ2) is 12.1. The van der Waals surface area contributed by atoms with Crippen molar-refractivity contribution in [2.75, 3.05) is 14.2 Å². The molecule has 42 heavy (non-hydrogen) atoms. The van der Waals surface area contributed by atoms with Gasteiger partial charge in [-0.1, -0.05) is 121 Å². The highest BCUT2D eigenvalue weighted by Crippen LogP contribution is 2.45. The Morgan fingerprint density at radius 1 is 0.690 bits per heavy atom. The van der Waals surface area contributed by atoms with Crippen LogP contribution in [0.1, 0.15) is 33.1 Å². The van der Waals surface area contributed by atoms with Crippen LogP contribution in [0.3, 0.4) is 0 Å². The van der Waals surface area contributed by atoms with E-state index in [1.54, 1.807) is 54.6 Å². The van der Waals surface area contributed by atoms with Crippen LogP contribution >= 0.6 is 0 Å². The maximum atomic E-state index is 14.8. The predicted molar refractivity (Wildman–Crippen MR) is 155 cm³/mol. The SMILES string of the molecule is COC(=O)C1(C(=O)OC)C(C(=O)c2ccccc2)N(C(c2ccccc2)c2ccccc2)C(=O)N1Cc1ccccc1. The van der Waals surface area contributed by atoms with Gasteiger partial charge >= 0.3 is 18.0 Å². The number of rotatable bonds is 9. The molecule has 1 fully saturated rings. The molecule has 0 spiro atoms. The van der Waals surface area contributed by atoms with Crippen molar-refractivity contribution < 1.29 is 28.7 Å². The van der Waals surface area contributed by atoms with Gasteiger partial charge in [0, 0.05) is 12.1 Å². The minimum absolute atomic E-state index is 0.157. The van der Waals surface area contributed by atoms with Gasteiger partial charge in [-0.15, -0.1) is 0 Å². The second-order valence-electron chi connectivity index (χ2n) is 9.87. The molecule has 0 radical (unpaired) electrons. The van der Waals surface area contributed by atoms with Crippen LogP contribution in [0.15, 0.2) is 121 Å². The summed E-state index contributed by atoms with van der Waals surface area (Å²) in [4.78, 5) is 59.8. The number of Topliss-reactive ketones (excluding diaryl/α,β-unsaturated/α-hetero) is 1. The summed E-state index contributed by atoms with van der Waals surface area (Å²) in [5.41, 5.74) is -0.211. The Balaban J connectivity index is 1.84. The van der Waals surface area contributed by atoms with Crippen LogP contribution in [0.5, 0.6) is 0 Å². The fourth-order valence-corrected chi connectivity index (χ4v) is 5.67. The summed E-state index contributed by atoms with van der Waals surface area (Å²) in [6, 6.07) is 32.4. The number of esters is 2. The number of carbonyl (C=O) groups excluding carboxylic acids is 4. The molecule has 0 N–H and O–H groups in total. The molecule has 1 atom stereocenters. The van der Waals surface area contributed by atoms with Gasteiger partial charge in [0.15, 0.2) is 5.78 Å². The van der Waals surface area contributed by atoms with Gasteiger partial charge in [-0.3, -0.25) is 14.6 Å². The summed E-state index contributed by atoms with van der Waals surface area (Å²) < 4.78 is 10.4. The zero-order valence-electron chi connectivity index (χ0n) is 23.3. The predicted octanol–water partition coefficient (Wildman–Crippen LogP) is 5.05. The monoisotopic (exact) mass is 562 g/mol. The number of benzene rings is 4. The van der Waals surface area contributed by atoms with Gasteiger partial charge in [-0.25, -0.2) is 14.4 Å². The van der Waals surface area contributed by atoms with Crippen molar-refractivity contribution in [3.63, 3.8) is 0 Å². The summed E-state index contributed by atoms with van der Waals surface area (Å²) in [6.45, 7) is -0.157. The Kier molecular flexibility index (Phi) is 8.15. The van der Waals surface area contributed by atoms with Gasteiger partial charge < -0.3 is 9.47 Å². The average molecular weight is 563 g/mol. The third-order valence-electron chi connectivity index (χ3n) is 7.54. The molecule has 0 saturated carbocycles. The lowest BCUT2D eigenvalue weighted by molar-refractivity contribution is -0.170. The lowest BCUT2D eigenvalue weighted by Gasteiger charge is -2.37. The minimum Gasteiger partial charge on any atom is -0.467 e. The van der Waals surface area contributed by atoms with E-state index in [4.69, 9.17) is 9.47 Å². The second-order valence-corrected chi connectivity index (χ2v) is 9.87. The molecule has 8 heteroatoms. The molecule has 4 aromatic rings. The Hall–Kier alpha value is -5.24. The van der Waals surface area contributed by atoms with Gasteiger partial charge in [-0.05, 0) is 16.7 Å². The number of nitrogens with zero attached hydrogens (tertiary/aromatic N) is 2. The molecule has 0 bridgehead atoms. The topological polar surface area (TPSA) is 93.2 Å². The van der Waals surface area contributed by atoms with E-state index in [1.165, 1.54) is 4.90 Å². The van der Waals surface area contributed by atoms with E-state index in [2.05, 4.69) is 0 Å². The van der Waals surface area contributed by atoms with Crippen LogP contribution in [-0.4, -0.2) is 59.4 Å². The quantitative estimate of drug-likeness (QED) is 0.161. The average Bonchev–Trinajstić information content (AvgIpc) is 3.30. The highest BCUT2D eigenvalue weighted by Gasteiger charge is 2.72. The summed E-state index contributed by atoms with van der Waals surface area (Å²) >= 11 is 0. The molecule has 1 aliphatic rings. The molecule has 1 aliphatic heterocycles. The third-order valence-corrected chi connectivity index (χ3v) is 7.54. The molecule has 2 amide bonds. The Morgan fingerprint density at radius 3 is 1.57 bits per heavy atom. The first-order chi connectivity index (χ1) is 20.4. The van der Waals surface area contributed by atoms with Crippen molar-refractivity contribution in [1.82, 2.24) is 9.80 Å². The van der Waals surface area contributed by atoms with Crippen LogP contribution in [-0.2, 0) is 25.6 Å². The number of hydrogen-bond acceptors (Lipinski definition) is 6. The molecule has 0 aliphatic carbocycles. The lowest BCUT2D eigenvalue weighted by Crippen LogP contribution is -2.66. The van der Waals surface area contributed by atoms with E-state index >= 15 is 0 Å². The minimum atomic E-state index is -2.45. The van der Waals surface area contributed by atoms with E-state index < -0.39 is 41.4 Å². The van der Waals surface area contributed by atoms with Crippen LogP contribution in [0.4, 0.5) is 4.79 Å². The molecular weight excluding hydrogens is 532 g/mol. The number of hydrogen-bond donors (Lipinski definition) is 0. The van der Waals surface area contributed by atoms with E-state index in [0.29, 0.717) is 16.7 Å². The smallest absolute Gasteiger partial charge is 0.346 e. The number of ketones is 1. The maximum Gasteiger partial charge on any atom is 0.346 e. The van der Waals surface area contributed by atoms with Crippen molar-refractivity contribution in [2.45, 2.75) is 24.2 Å². The molecule has 212 valence electrons. The molecule has 1 unspecified atom stereocenters. The fraction of sp³-hybridized carbons (Fsp3) is 0.176. The lowest BCUT2D eigenvalue weighted by atomic mass is 9.82. The van der Waals surface area contributed by atoms with Crippen LogP contribution < -0.4 is 0 Å². The summed E-state index contributed by atoms with van der Waals surface area (Å²) in [5, 5.41) is 0. The highest BCUT2D eigenvalue weighted by atomic mass is 16.5. The number of methoxy groups -OCH3 is 2. The third kappa shape index (κ3) is 4.81. The van der Waals surface area contributed by atoms with Gasteiger partial charge in [0.2, 0.25) is 0 Å². The summed E-state index contributed by atoms with van der Waals surface area (Å²) in [6.07, 6.45) is 0. The Morgan fingerprint density at radius 2 is 1.12 bits per heavy atom. The van der Waals surface area contributed by atoms with E-state index in [-0.39, 0.29) is 12.1 Å². The molecule has 8 nitrogen and oxygen atoms in total. The van der Waals surface area contributed by atoms with Gasteiger partial charge in [0.25, 0.3) is 5.54 Å². The molecule has 4 aromatic carbocycles. The van der Waals surface area contributed by atoms with Gasteiger partial charge in [0.05, 0.1) is 20.3 Å². The number of ether oxygens (including phenoxy) is 2. The van der Waals surface area contributed by atoms with Gasteiger partial charge in [-0.2, -0.15) is 0 Å². The zero-order valence-corrected chi connectivity index (χ0v) is 23.3. The number of carbonyl (C=O) groups is 4. The Bertz CT molecular complexity index is 1510. The summed E-state index contributed by atoms with van der Waals surface area (Å²) in [7, 11) is 2.24. The fourth-order valence-electron chi connectivity index (χ4n) is 5.67. The first-order valence-electron chi connectivity index (χ1n) is 13.4. The van der Waals surface area contributed by atoms with Crippen LogP contribution in [0.25, 0.3) is 0 Å². The van der Waals surface area contributed by atoms with Crippen molar-refractivity contribution in [3.05, 3.63) is 144 Å². The van der Waals surface area contributed by atoms with Crippen molar-refractivity contribution >= 4 is 23.8 Å².